The zero-order valence-corrected chi connectivity index (χ0v) is 11.5. The van der Waals surface area contributed by atoms with Crippen LogP contribution in [0.2, 0.25) is 0 Å². The summed E-state index contributed by atoms with van der Waals surface area (Å²) in [4.78, 5) is 22.7. The Kier molecular flexibility index (Phi) is 4.08. The number of amides is 2. The maximum absolute atomic E-state index is 11.9. The van der Waals surface area contributed by atoms with E-state index in [-0.39, 0.29) is 12.1 Å². The number of anilines is 1. The summed E-state index contributed by atoms with van der Waals surface area (Å²) in [6.07, 6.45) is 3.74. The molecule has 0 spiro atoms. The van der Waals surface area contributed by atoms with Crippen LogP contribution in [-0.4, -0.2) is 23.1 Å². The van der Waals surface area contributed by atoms with Gasteiger partial charge >= 0.3 is 12.0 Å². The SMILES string of the molecule is Cc1ccc(NC(=O)NC2C=CC(C(=O)O)C2)c(C)c1. The van der Waals surface area contributed by atoms with Gasteiger partial charge in [0.2, 0.25) is 0 Å². The Morgan fingerprint density at radius 1 is 1.25 bits per heavy atom. The highest BCUT2D eigenvalue weighted by atomic mass is 16.4. The molecule has 1 aliphatic rings. The molecular formula is C15H18N2O3. The van der Waals surface area contributed by atoms with Crippen LogP contribution in [0.1, 0.15) is 17.5 Å². The van der Waals surface area contributed by atoms with Gasteiger partial charge in [-0.2, -0.15) is 0 Å². The minimum Gasteiger partial charge on any atom is -0.481 e. The maximum atomic E-state index is 11.9. The molecule has 0 bridgehead atoms. The van der Waals surface area contributed by atoms with Crippen molar-refractivity contribution in [1.82, 2.24) is 5.32 Å². The van der Waals surface area contributed by atoms with E-state index < -0.39 is 11.9 Å². The first-order valence-corrected chi connectivity index (χ1v) is 6.51. The van der Waals surface area contributed by atoms with Gasteiger partial charge in [-0.25, -0.2) is 4.79 Å². The molecule has 0 heterocycles. The third kappa shape index (κ3) is 3.38. The van der Waals surface area contributed by atoms with Gasteiger partial charge in [0.1, 0.15) is 0 Å². The van der Waals surface area contributed by atoms with Crippen molar-refractivity contribution in [2.45, 2.75) is 26.3 Å². The van der Waals surface area contributed by atoms with Gasteiger partial charge in [-0.05, 0) is 31.9 Å². The second-order valence-electron chi connectivity index (χ2n) is 5.09. The van der Waals surface area contributed by atoms with Crippen molar-refractivity contribution in [2.75, 3.05) is 5.32 Å². The average Bonchev–Trinajstić information content (AvgIpc) is 2.81. The van der Waals surface area contributed by atoms with Crippen LogP contribution in [0.5, 0.6) is 0 Å². The molecule has 1 aromatic carbocycles. The van der Waals surface area contributed by atoms with Crippen molar-refractivity contribution in [1.29, 1.82) is 0 Å². The van der Waals surface area contributed by atoms with Crippen LogP contribution in [-0.2, 0) is 4.79 Å². The van der Waals surface area contributed by atoms with Crippen molar-refractivity contribution in [2.24, 2.45) is 5.92 Å². The number of hydrogen-bond donors (Lipinski definition) is 3. The van der Waals surface area contributed by atoms with E-state index in [1.54, 1.807) is 12.2 Å². The summed E-state index contributed by atoms with van der Waals surface area (Å²) in [5.74, 6) is -1.37. The lowest BCUT2D eigenvalue weighted by molar-refractivity contribution is -0.140. The van der Waals surface area contributed by atoms with E-state index in [0.29, 0.717) is 6.42 Å². The van der Waals surface area contributed by atoms with Crippen molar-refractivity contribution in [3.8, 4) is 0 Å². The third-order valence-corrected chi connectivity index (χ3v) is 3.35. The van der Waals surface area contributed by atoms with Gasteiger partial charge in [-0.1, -0.05) is 29.8 Å². The summed E-state index contributed by atoms with van der Waals surface area (Å²) in [5.41, 5.74) is 2.88. The molecule has 106 valence electrons. The Bertz CT molecular complexity index is 566. The van der Waals surface area contributed by atoms with E-state index in [0.717, 1.165) is 16.8 Å². The predicted octanol–water partition coefficient (Wildman–Crippen LogP) is 2.45. The highest BCUT2D eigenvalue weighted by molar-refractivity contribution is 5.90. The molecule has 0 saturated heterocycles. The lowest BCUT2D eigenvalue weighted by Gasteiger charge is -2.14. The van der Waals surface area contributed by atoms with Gasteiger partial charge in [0.15, 0.2) is 0 Å². The predicted molar refractivity (Wildman–Crippen MR) is 76.7 cm³/mol. The zero-order valence-electron chi connectivity index (χ0n) is 11.5. The molecule has 2 atom stereocenters. The van der Waals surface area contributed by atoms with E-state index in [2.05, 4.69) is 10.6 Å². The Morgan fingerprint density at radius 3 is 2.60 bits per heavy atom. The normalized spacial score (nSPS) is 20.7. The fourth-order valence-electron chi connectivity index (χ4n) is 2.27. The molecule has 0 radical (unpaired) electrons. The van der Waals surface area contributed by atoms with Crippen LogP contribution in [0.25, 0.3) is 0 Å². The lowest BCUT2D eigenvalue weighted by atomic mass is 10.1. The van der Waals surface area contributed by atoms with Crippen LogP contribution < -0.4 is 10.6 Å². The summed E-state index contributed by atoms with van der Waals surface area (Å²) >= 11 is 0. The van der Waals surface area contributed by atoms with Crippen LogP contribution in [0.15, 0.2) is 30.4 Å². The smallest absolute Gasteiger partial charge is 0.319 e. The Morgan fingerprint density at radius 2 is 2.00 bits per heavy atom. The van der Waals surface area contributed by atoms with Crippen molar-refractivity contribution >= 4 is 17.7 Å². The van der Waals surface area contributed by atoms with E-state index in [1.165, 1.54) is 0 Å². The fourth-order valence-corrected chi connectivity index (χ4v) is 2.27. The first kappa shape index (κ1) is 14.1. The van der Waals surface area contributed by atoms with Crippen LogP contribution in [0.3, 0.4) is 0 Å². The molecule has 2 amide bonds. The quantitative estimate of drug-likeness (QED) is 0.741. The molecule has 20 heavy (non-hydrogen) atoms. The molecule has 0 aliphatic heterocycles. The van der Waals surface area contributed by atoms with Gasteiger partial charge in [0.25, 0.3) is 0 Å². The number of benzene rings is 1. The number of hydrogen-bond acceptors (Lipinski definition) is 2. The van der Waals surface area contributed by atoms with Crippen molar-refractivity contribution in [3.05, 3.63) is 41.5 Å². The summed E-state index contributed by atoms with van der Waals surface area (Å²) in [5, 5.41) is 14.4. The summed E-state index contributed by atoms with van der Waals surface area (Å²) in [6.45, 7) is 3.92. The average molecular weight is 274 g/mol. The molecular weight excluding hydrogens is 256 g/mol. The number of carbonyl (C=O) groups excluding carboxylic acids is 1. The second-order valence-corrected chi connectivity index (χ2v) is 5.09. The van der Waals surface area contributed by atoms with E-state index in [1.807, 2.05) is 32.0 Å². The molecule has 5 nitrogen and oxygen atoms in total. The fraction of sp³-hybridized carbons (Fsp3) is 0.333. The van der Waals surface area contributed by atoms with E-state index >= 15 is 0 Å². The van der Waals surface area contributed by atoms with Crippen molar-refractivity contribution < 1.29 is 14.7 Å². The third-order valence-electron chi connectivity index (χ3n) is 3.35. The number of urea groups is 1. The molecule has 0 aromatic heterocycles. The minimum atomic E-state index is -0.861. The molecule has 5 heteroatoms. The van der Waals surface area contributed by atoms with Gasteiger partial charge < -0.3 is 15.7 Å². The first-order chi connectivity index (χ1) is 9.45. The van der Waals surface area contributed by atoms with Crippen molar-refractivity contribution in [3.63, 3.8) is 0 Å². The largest absolute Gasteiger partial charge is 0.481 e. The zero-order chi connectivity index (χ0) is 14.7. The maximum Gasteiger partial charge on any atom is 0.319 e. The summed E-state index contributed by atoms with van der Waals surface area (Å²) in [7, 11) is 0. The number of carboxylic acid groups (broad SMARTS) is 1. The van der Waals surface area contributed by atoms with Gasteiger partial charge in [0, 0.05) is 5.69 Å². The number of aliphatic carboxylic acids is 1. The lowest BCUT2D eigenvalue weighted by Crippen LogP contribution is -2.36. The number of carbonyl (C=O) groups is 2. The highest BCUT2D eigenvalue weighted by Crippen LogP contribution is 2.19. The molecule has 2 rings (SSSR count). The Labute approximate surface area is 117 Å². The molecule has 0 saturated carbocycles. The topological polar surface area (TPSA) is 78.4 Å². The molecule has 1 aromatic rings. The number of carboxylic acids is 1. The van der Waals surface area contributed by atoms with E-state index in [9.17, 15) is 9.59 Å². The van der Waals surface area contributed by atoms with Gasteiger partial charge in [-0.15, -0.1) is 0 Å². The summed E-state index contributed by atoms with van der Waals surface area (Å²) < 4.78 is 0. The number of nitrogens with one attached hydrogen (secondary N) is 2. The highest BCUT2D eigenvalue weighted by Gasteiger charge is 2.25. The standard InChI is InChI=1S/C15H18N2O3/c1-9-3-6-13(10(2)7-9)17-15(20)16-12-5-4-11(8-12)14(18)19/h3-7,11-12H,8H2,1-2H3,(H,18,19)(H2,16,17,20). The number of aryl methyl sites for hydroxylation is 2. The van der Waals surface area contributed by atoms with E-state index in [4.69, 9.17) is 5.11 Å². The monoisotopic (exact) mass is 274 g/mol. The van der Waals surface area contributed by atoms with Crippen LogP contribution in [0.4, 0.5) is 10.5 Å². The summed E-state index contributed by atoms with van der Waals surface area (Å²) in [6, 6.07) is 5.22. The molecule has 3 N–H and O–H groups in total. The van der Waals surface area contributed by atoms with Crippen LogP contribution in [0, 0.1) is 19.8 Å². The second kappa shape index (κ2) is 5.77. The molecule has 1 aliphatic carbocycles. The van der Waals surface area contributed by atoms with Gasteiger partial charge in [0.05, 0.1) is 12.0 Å². The Hall–Kier alpha value is -2.30. The Balaban J connectivity index is 1.90. The number of rotatable bonds is 3. The first-order valence-electron chi connectivity index (χ1n) is 6.51. The minimum absolute atomic E-state index is 0.234. The molecule has 0 fully saturated rings. The molecule has 2 unspecified atom stereocenters. The van der Waals surface area contributed by atoms with Crippen LogP contribution >= 0.6 is 0 Å². The van der Waals surface area contributed by atoms with Gasteiger partial charge in [-0.3, -0.25) is 4.79 Å².